The third-order valence-electron chi connectivity index (χ3n) is 3.33. The first kappa shape index (κ1) is 12.7. The summed E-state index contributed by atoms with van der Waals surface area (Å²) in [5.41, 5.74) is 0.378. The third-order valence-corrected chi connectivity index (χ3v) is 3.33. The van der Waals surface area contributed by atoms with Crippen LogP contribution in [0.1, 0.15) is 50.4 Å². The van der Waals surface area contributed by atoms with Crippen molar-refractivity contribution in [3.63, 3.8) is 0 Å². The van der Waals surface area contributed by atoms with Crippen molar-refractivity contribution in [2.45, 2.75) is 39.0 Å². The molecule has 1 aromatic rings. The van der Waals surface area contributed by atoms with Gasteiger partial charge in [0.15, 0.2) is 5.56 Å². The molecular formula is C14H18N2O2. The average Bonchev–Trinajstić information content (AvgIpc) is 2.38. The Labute approximate surface area is 107 Å². The lowest BCUT2D eigenvalue weighted by Crippen LogP contribution is -2.31. The van der Waals surface area contributed by atoms with Crippen molar-refractivity contribution in [2.24, 2.45) is 0 Å². The number of anilines is 1. The lowest BCUT2D eigenvalue weighted by molar-refractivity contribution is 0.437. The van der Waals surface area contributed by atoms with Crippen LogP contribution in [-0.2, 0) is 0 Å². The summed E-state index contributed by atoms with van der Waals surface area (Å²) in [6.07, 6.45) is 3.45. The molecule has 1 fully saturated rings. The molecule has 0 bridgehead atoms. The van der Waals surface area contributed by atoms with Crippen LogP contribution in [0.5, 0.6) is 0 Å². The molecule has 4 heteroatoms. The quantitative estimate of drug-likeness (QED) is 0.805. The van der Waals surface area contributed by atoms with Crippen LogP contribution >= 0.6 is 0 Å². The molecule has 18 heavy (non-hydrogen) atoms. The van der Waals surface area contributed by atoms with E-state index < -0.39 is 5.63 Å². The zero-order chi connectivity index (χ0) is 13.1. The predicted octanol–water partition coefficient (Wildman–Crippen LogP) is 2.63. The van der Waals surface area contributed by atoms with Gasteiger partial charge in [0.1, 0.15) is 11.8 Å². The summed E-state index contributed by atoms with van der Waals surface area (Å²) < 4.78 is 5.19. The molecule has 0 aromatic carbocycles. The molecule has 2 heterocycles. The molecule has 0 unspecified atom stereocenters. The molecule has 0 amide bonds. The number of nitrogens with zero attached hydrogens (tertiary/aromatic N) is 2. The van der Waals surface area contributed by atoms with E-state index in [1.165, 1.54) is 6.42 Å². The van der Waals surface area contributed by atoms with Gasteiger partial charge in [-0.05, 0) is 19.3 Å². The highest BCUT2D eigenvalue weighted by Crippen LogP contribution is 2.25. The minimum absolute atomic E-state index is 0.140. The van der Waals surface area contributed by atoms with Gasteiger partial charge in [-0.15, -0.1) is 0 Å². The highest BCUT2D eigenvalue weighted by atomic mass is 16.4. The summed E-state index contributed by atoms with van der Waals surface area (Å²) in [6.45, 7) is 5.78. The lowest BCUT2D eigenvalue weighted by Gasteiger charge is -2.29. The summed E-state index contributed by atoms with van der Waals surface area (Å²) in [6, 6.07) is 3.84. The van der Waals surface area contributed by atoms with E-state index in [9.17, 15) is 4.79 Å². The standard InChI is InChI=1S/C14H18N2O2/c1-10(2)13-8-12(11(9-15)14(17)18-13)16-6-4-3-5-7-16/h8,10H,3-7H2,1-2H3. The third kappa shape index (κ3) is 2.40. The Morgan fingerprint density at radius 1 is 1.33 bits per heavy atom. The van der Waals surface area contributed by atoms with Crippen molar-refractivity contribution in [3.8, 4) is 6.07 Å². The van der Waals surface area contributed by atoms with Crippen molar-refractivity contribution >= 4 is 5.69 Å². The second-order valence-corrected chi connectivity index (χ2v) is 5.01. The molecule has 0 saturated carbocycles. The normalized spacial score (nSPS) is 15.8. The molecule has 1 saturated heterocycles. The molecule has 1 aromatic heterocycles. The Hall–Kier alpha value is -1.76. The SMILES string of the molecule is CC(C)c1cc(N2CCCCC2)c(C#N)c(=O)o1. The van der Waals surface area contributed by atoms with E-state index in [-0.39, 0.29) is 11.5 Å². The first-order valence-electron chi connectivity index (χ1n) is 6.46. The van der Waals surface area contributed by atoms with Crippen molar-refractivity contribution in [2.75, 3.05) is 18.0 Å². The molecule has 0 radical (unpaired) electrons. The summed E-state index contributed by atoms with van der Waals surface area (Å²) in [5.74, 6) is 0.800. The molecule has 0 N–H and O–H groups in total. The highest BCUT2D eigenvalue weighted by molar-refractivity contribution is 5.58. The number of piperidine rings is 1. The maximum absolute atomic E-state index is 11.8. The van der Waals surface area contributed by atoms with E-state index in [1.807, 2.05) is 26.0 Å². The minimum Gasteiger partial charge on any atom is -0.427 e. The summed E-state index contributed by atoms with van der Waals surface area (Å²) in [4.78, 5) is 14.0. The van der Waals surface area contributed by atoms with Crippen LogP contribution in [0.25, 0.3) is 0 Å². The Bertz CT molecular complexity index is 520. The zero-order valence-electron chi connectivity index (χ0n) is 10.9. The van der Waals surface area contributed by atoms with Crippen LogP contribution in [0.4, 0.5) is 5.69 Å². The Morgan fingerprint density at radius 3 is 2.56 bits per heavy atom. The maximum Gasteiger partial charge on any atom is 0.356 e. The van der Waals surface area contributed by atoms with Gasteiger partial charge < -0.3 is 9.32 Å². The predicted molar refractivity (Wildman–Crippen MR) is 69.8 cm³/mol. The fourth-order valence-corrected chi connectivity index (χ4v) is 2.27. The molecule has 4 nitrogen and oxygen atoms in total. The summed E-state index contributed by atoms with van der Waals surface area (Å²) in [7, 11) is 0. The van der Waals surface area contributed by atoms with E-state index in [4.69, 9.17) is 9.68 Å². The van der Waals surface area contributed by atoms with Gasteiger partial charge in [-0.3, -0.25) is 0 Å². The monoisotopic (exact) mass is 246 g/mol. The first-order chi connectivity index (χ1) is 8.63. The van der Waals surface area contributed by atoms with E-state index in [0.717, 1.165) is 31.6 Å². The van der Waals surface area contributed by atoms with Crippen LogP contribution < -0.4 is 10.5 Å². The second kappa shape index (κ2) is 5.26. The van der Waals surface area contributed by atoms with Gasteiger partial charge in [0, 0.05) is 25.1 Å². The highest BCUT2D eigenvalue weighted by Gasteiger charge is 2.20. The van der Waals surface area contributed by atoms with Gasteiger partial charge >= 0.3 is 5.63 Å². The number of hydrogen-bond acceptors (Lipinski definition) is 4. The fourth-order valence-electron chi connectivity index (χ4n) is 2.27. The number of hydrogen-bond donors (Lipinski definition) is 0. The van der Waals surface area contributed by atoms with Gasteiger partial charge in [-0.1, -0.05) is 13.8 Å². The molecule has 0 spiro atoms. The van der Waals surface area contributed by atoms with E-state index in [0.29, 0.717) is 5.76 Å². The largest absolute Gasteiger partial charge is 0.427 e. The second-order valence-electron chi connectivity index (χ2n) is 5.01. The molecule has 96 valence electrons. The summed E-state index contributed by atoms with van der Waals surface area (Å²) in [5, 5.41) is 9.12. The topological polar surface area (TPSA) is 57.2 Å². The van der Waals surface area contributed by atoms with Gasteiger partial charge in [-0.25, -0.2) is 4.79 Å². The van der Waals surface area contributed by atoms with Gasteiger partial charge in [0.2, 0.25) is 0 Å². The van der Waals surface area contributed by atoms with Crippen LogP contribution in [0.15, 0.2) is 15.3 Å². The number of nitriles is 1. The summed E-state index contributed by atoms with van der Waals surface area (Å²) >= 11 is 0. The molecule has 0 aliphatic carbocycles. The smallest absolute Gasteiger partial charge is 0.356 e. The average molecular weight is 246 g/mol. The van der Waals surface area contributed by atoms with E-state index in [2.05, 4.69) is 4.90 Å². The number of rotatable bonds is 2. The zero-order valence-corrected chi connectivity index (χ0v) is 10.9. The Balaban J connectivity index is 2.49. The van der Waals surface area contributed by atoms with E-state index >= 15 is 0 Å². The molecular weight excluding hydrogens is 228 g/mol. The van der Waals surface area contributed by atoms with E-state index in [1.54, 1.807) is 0 Å². The van der Waals surface area contributed by atoms with Gasteiger partial charge in [0.05, 0.1) is 5.69 Å². The fraction of sp³-hybridized carbons (Fsp3) is 0.571. The first-order valence-corrected chi connectivity index (χ1v) is 6.46. The molecule has 1 aliphatic rings. The minimum atomic E-state index is -0.510. The van der Waals surface area contributed by atoms with Crippen molar-refractivity contribution < 1.29 is 4.42 Å². The van der Waals surface area contributed by atoms with Crippen molar-refractivity contribution in [1.29, 1.82) is 5.26 Å². The maximum atomic E-state index is 11.8. The molecule has 2 rings (SSSR count). The van der Waals surface area contributed by atoms with Crippen LogP contribution in [0.2, 0.25) is 0 Å². The Kier molecular flexibility index (Phi) is 3.71. The van der Waals surface area contributed by atoms with Crippen LogP contribution in [0, 0.1) is 11.3 Å². The van der Waals surface area contributed by atoms with Gasteiger partial charge in [0.25, 0.3) is 0 Å². The molecule has 0 atom stereocenters. The van der Waals surface area contributed by atoms with Gasteiger partial charge in [-0.2, -0.15) is 5.26 Å². The lowest BCUT2D eigenvalue weighted by atomic mass is 10.1. The Morgan fingerprint density at radius 2 is 2.00 bits per heavy atom. The van der Waals surface area contributed by atoms with Crippen LogP contribution in [-0.4, -0.2) is 13.1 Å². The van der Waals surface area contributed by atoms with Crippen LogP contribution in [0.3, 0.4) is 0 Å². The molecule has 1 aliphatic heterocycles. The van der Waals surface area contributed by atoms with Crippen molar-refractivity contribution in [3.05, 3.63) is 27.8 Å². The van der Waals surface area contributed by atoms with Crippen molar-refractivity contribution in [1.82, 2.24) is 0 Å².